The van der Waals surface area contributed by atoms with E-state index in [-0.39, 0.29) is 23.3 Å². The number of piperidine rings is 1. The lowest BCUT2D eigenvalue weighted by atomic mass is 9.96. The molecule has 1 amide bonds. The Bertz CT molecular complexity index is 1420. The molecule has 0 radical (unpaired) electrons. The van der Waals surface area contributed by atoms with Crippen molar-refractivity contribution in [2.75, 3.05) is 19.6 Å². The van der Waals surface area contributed by atoms with E-state index in [0.717, 1.165) is 23.5 Å². The molecule has 1 atom stereocenters. The lowest BCUT2D eigenvalue weighted by Crippen LogP contribution is -2.48. The summed E-state index contributed by atoms with van der Waals surface area (Å²) < 4.78 is 33.9. The first-order valence-electron chi connectivity index (χ1n) is 12.4. The molecule has 36 heavy (non-hydrogen) atoms. The zero-order chi connectivity index (χ0) is 25.8. The van der Waals surface area contributed by atoms with Crippen molar-refractivity contribution < 1.29 is 13.2 Å². The highest BCUT2D eigenvalue weighted by Gasteiger charge is 2.38. The van der Waals surface area contributed by atoms with Crippen molar-refractivity contribution in [2.24, 2.45) is 20.0 Å². The molecule has 13 heteroatoms. The Morgan fingerprint density at radius 1 is 1.14 bits per heavy atom. The number of rotatable bonds is 5. The van der Waals surface area contributed by atoms with Crippen LogP contribution in [0.4, 0.5) is 0 Å². The molecule has 0 bridgehead atoms. The third-order valence-corrected chi connectivity index (χ3v) is 9.61. The van der Waals surface area contributed by atoms with Gasteiger partial charge in [-0.2, -0.15) is 14.5 Å². The van der Waals surface area contributed by atoms with Gasteiger partial charge in [-0.1, -0.05) is 0 Å². The Labute approximate surface area is 210 Å². The van der Waals surface area contributed by atoms with Gasteiger partial charge in [0.05, 0.1) is 17.3 Å². The van der Waals surface area contributed by atoms with Crippen LogP contribution in [0.25, 0.3) is 11.5 Å². The van der Waals surface area contributed by atoms with E-state index < -0.39 is 10.0 Å². The van der Waals surface area contributed by atoms with Gasteiger partial charge in [0, 0.05) is 64.5 Å². The molecule has 3 aromatic heterocycles. The largest absolute Gasteiger partial charge is 0.338 e. The zero-order valence-electron chi connectivity index (χ0n) is 21.5. The molecule has 0 aliphatic carbocycles. The van der Waals surface area contributed by atoms with Crippen molar-refractivity contribution in [3.63, 3.8) is 0 Å². The van der Waals surface area contributed by atoms with E-state index in [2.05, 4.69) is 15.3 Å². The third-order valence-electron chi connectivity index (χ3n) is 7.50. The monoisotopic (exact) mass is 515 g/mol. The van der Waals surface area contributed by atoms with Crippen LogP contribution in [0.1, 0.15) is 42.4 Å². The molecule has 5 heterocycles. The van der Waals surface area contributed by atoms with E-state index in [1.54, 1.807) is 31.9 Å². The molecule has 2 aliphatic rings. The maximum atomic E-state index is 13.7. The molecular formula is C23H33N9O3S. The number of sulfonamides is 1. The van der Waals surface area contributed by atoms with Crippen LogP contribution >= 0.6 is 0 Å². The predicted octanol–water partition coefficient (Wildman–Crippen LogP) is 1.03. The summed E-state index contributed by atoms with van der Waals surface area (Å²) in [5, 5.41) is 17.3. The first-order chi connectivity index (χ1) is 17.1. The summed E-state index contributed by atoms with van der Waals surface area (Å²) >= 11 is 0. The molecule has 12 nitrogen and oxygen atoms in total. The summed E-state index contributed by atoms with van der Waals surface area (Å²) in [6, 6.07) is 0. The van der Waals surface area contributed by atoms with Crippen LogP contribution in [-0.2, 0) is 48.4 Å². The van der Waals surface area contributed by atoms with E-state index in [4.69, 9.17) is 5.10 Å². The molecule has 1 saturated heterocycles. The van der Waals surface area contributed by atoms with Gasteiger partial charge in [-0.25, -0.2) is 8.42 Å². The van der Waals surface area contributed by atoms with Crippen LogP contribution in [0.3, 0.4) is 0 Å². The Morgan fingerprint density at radius 2 is 1.92 bits per heavy atom. The third kappa shape index (κ3) is 3.94. The van der Waals surface area contributed by atoms with Crippen molar-refractivity contribution in [3.05, 3.63) is 29.0 Å². The first-order valence-corrected chi connectivity index (χ1v) is 13.8. The lowest BCUT2D eigenvalue weighted by Gasteiger charge is -2.35. The maximum absolute atomic E-state index is 13.7. The van der Waals surface area contributed by atoms with E-state index in [9.17, 15) is 13.2 Å². The molecular weight excluding hydrogens is 482 g/mol. The Hall–Kier alpha value is -3.06. The number of fused-ring (bicyclic) bond motifs is 1. The van der Waals surface area contributed by atoms with Crippen molar-refractivity contribution >= 4 is 15.9 Å². The molecule has 0 aromatic carbocycles. The van der Waals surface area contributed by atoms with Gasteiger partial charge in [-0.05, 0) is 33.6 Å². The van der Waals surface area contributed by atoms with Gasteiger partial charge in [0.1, 0.15) is 16.9 Å². The average molecular weight is 516 g/mol. The van der Waals surface area contributed by atoms with Crippen LogP contribution in [-0.4, -0.2) is 77.5 Å². The first kappa shape index (κ1) is 24.6. The minimum atomic E-state index is -3.74. The SMILES string of the molecule is CCn1cnnc1-c1nn(C)c2c1CN(C(=O)C1CCCN(S(=O)(=O)c3c(C)nn(C)c3C)C1)CC2. The van der Waals surface area contributed by atoms with Crippen molar-refractivity contribution in [1.82, 2.24) is 43.5 Å². The molecule has 3 aromatic rings. The molecule has 1 unspecified atom stereocenters. The summed E-state index contributed by atoms with van der Waals surface area (Å²) in [7, 11) is -0.0854. The second kappa shape index (κ2) is 9.11. The number of aryl methyl sites for hydroxylation is 4. The maximum Gasteiger partial charge on any atom is 0.246 e. The zero-order valence-corrected chi connectivity index (χ0v) is 22.3. The van der Waals surface area contributed by atoms with Gasteiger partial charge in [-0.15, -0.1) is 10.2 Å². The van der Waals surface area contributed by atoms with Crippen molar-refractivity contribution in [2.45, 2.75) is 58.0 Å². The second-order valence-corrected chi connectivity index (χ2v) is 11.5. The number of hydrogen-bond donors (Lipinski definition) is 0. The fraction of sp³-hybridized carbons (Fsp3) is 0.609. The standard InChI is InChI=1S/C23H33N9O3S/c1-6-30-14-24-25-22(30)20-18-13-31(11-9-19(18)29(5)27-20)23(33)17-8-7-10-32(12-17)36(34,35)21-15(2)26-28(4)16(21)3/h14,17H,6-13H2,1-5H3. The quantitative estimate of drug-likeness (QED) is 0.497. The van der Waals surface area contributed by atoms with Crippen molar-refractivity contribution in [1.29, 1.82) is 0 Å². The Morgan fingerprint density at radius 3 is 2.61 bits per heavy atom. The van der Waals surface area contributed by atoms with Gasteiger partial charge in [-0.3, -0.25) is 14.2 Å². The van der Waals surface area contributed by atoms with Crippen LogP contribution in [0.2, 0.25) is 0 Å². The number of aromatic nitrogens is 7. The molecule has 1 fully saturated rings. The summed E-state index contributed by atoms with van der Waals surface area (Å²) in [4.78, 5) is 15.8. The second-order valence-electron chi connectivity index (χ2n) is 9.67. The summed E-state index contributed by atoms with van der Waals surface area (Å²) in [5.41, 5.74) is 3.92. The van der Waals surface area contributed by atoms with Gasteiger partial charge in [0.15, 0.2) is 5.82 Å². The van der Waals surface area contributed by atoms with Crippen LogP contribution in [0.5, 0.6) is 0 Å². The van der Waals surface area contributed by atoms with Crippen LogP contribution in [0, 0.1) is 19.8 Å². The highest BCUT2D eigenvalue weighted by Crippen LogP contribution is 2.32. The van der Waals surface area contributed by atoms with Gasteiger partial charge in [0.25, 0.3) is 0 Å². The van der Waals surface area contributed by atoms with E-state index in [1.807, 2.05) is 28.1 Å². The number of carbonyl (C=O) groups is 1. The topological polar surface area (TPSA) is 124 Å². The summed E-state index contributed by atoms with van der Waals surface area (Å²) in [6.45, 7) is 7.81. The number of carbonyl (C=O) groups excluding carboxylic acids is 1. The molecule has 5 rings (SSSR count). The normalized spacial score (nSPS) is 19.0. The number of hydrogen-bond acceptors (Lipinski definition) is 7. The highest BCUT2D eigenvalue weighted by molar-refractivity contribution is 7.89. The lowest BCUT2D eigenvalue weighted by molar-refractivity contribution is -0.137. The Kier molecular flexibility index (Phi) is 6.23. The number of amides is 1. The fourth-order valence-electron chi connectivity index (χ4n) is 5.51. The smallest absolute Gasteiger partial charge is 0.246 e. The van der Waals surface area contributed by atoms with Gasteiger partial charge >= 0.3 is 0 Å². The fourth-order valence-corrected chi connectivity index (χ4v) is 7.43. The van der Waals surface area contributed by atoms with E-state index >= 15 is 0 Å². The van der Waals surface area contributed by atoms with Crippen LogP contribution < -0.4 is 0 Å². The minimum Gasteiger partial charge on any atom is -0.338 e. The van der Waals surface area contributed by atoms with Crippen LogP contribution in [0.15, 0.2) is 11.2 Å². The van der Waals surface area contributed by atoms with E-state index in [1.165, 1.54) is 4.31 Å². The molecule has 0 spiro atoms. The molecule has 2 aliphatic heterocycles. The van der Waals surface area contributed by atoms with Gasteiger partial charge in [0.2, 0.25) is 15.9 Å². The average Bonchev–Trinajstić information content (AvgIpc) is 3.54. The number of nitrogens with zero attached hydrogens (tertiary/aromatic N) is 9. The van der Waals surface area contributed by atoms with E-state index in [0.29, 0.717) is 56.1 Å². The predicted molar refractivity (Wildman–Crippen MR) is 131 cm³/mol. The highest BCUT2D eigenvalue weighted by atomic mass is 32.2. The summed E-state index contributed by atoms with van der Waals surface area (Å²) in [5.74, 6) is 0.305. The minimum absolute atomic E-state index is 0.00746. The van der Waals surface area contributed by atoms with Crippen molar-refractivity contribution in [3.8, 4) is 11.5 Å². The molecule has 194 valence electrons. The molecule has 0 saturated carbocycles. The van der Waals surface area contributed by atoms with Gasteiger partial charge < -0.3 is 9.47 Å². The Balaban J connectivity index is 1.37. The molecule has 0 N–H and O–H groups in total. The summed E-state index contributed by atoms with van der Waals surface area (Å²) in [6.07, 6.45) is 3.69.